The molecule has 0 bridgehead atoms. The average molecular weight is 372 g/mol. The van der Waals surface area contributed by atoms with Crippen LogP contribution in [0.1, 0.15) is 26.7 Å². The highest BCUT2D eigenvalue weighted by Crippen LogP contribution is 2.62. The van der Waals surface area contributed by atoms with Gasteiger partial charge in [0.05, 0.1) is 0 Å². The van der Waals surface area contributed by atoms with Gasteiger partial charge in [-0.05, 0) is 29.6 Å². The van der Waals surface area contributed by atoms with E-state index in [1.807, 2.05) is 60.7 Å². The van der Waals surface area contributed by atoms with Crippen molar-refractivity contribution in [2.45, 2.75) is 26.7 Å². The Morgan fingerprint density at radius 1 is 0.962 bits per heavy atom. The van der Waals surface area contributed by atoms with Crippen LogP contribution >= 0.6 is 7.14 Å². The van der Waals surface area contributed by atoms with Gasteiger partial charge in [0, 0.05) is 30.0 Å². The van der Waals surface area contributed by atoms with Crippen molar-refractivity contribution in [3.8, 4) is 0 Å². The van der Waals surface area contributed by atoms with E-state index < -0.39 is 12.6 Å². The average Bonchev–Trinajstić information content (AvgIpc) is 2.93. The molecule has 2 N–H and O–H groups in total. The van der Waals surface area contributed by atoms with Gasteiger partial charge in [0.15, 0.2) is 0 Å². The van der Waals surface area contributed by atoms with Crippen molar-refractivity contribution in [2.24, 2.45) is 16.7 Å². The van der Waals surface area contributed by atoms with Crippen molar-refractivity contribution in [3.05, 3.63) is 60.7 Å². The molecule has 0 radical (unpaired) electrons. The Morgan fingerprint density at radius 3 is 1.88 bits per heavy atom. The van der Waals surface area contributed by atoms with E-state index in [1.54, 1.807) is 0 Å². The number of aliphatic hydroxyl groups is 2. The summed E-state index contributed by atoms with van der Waals surface area (Å²) < 4.78 is 14.5. The third-order valence-electron chi connectivity index (χ3n) is 6.79. The lowest BCUT2D eigenvalue weighted by Crippen LogP contribution is -2.45. The molecule has 2 aromatic carbocycles. The van der Waals surface area contributed by atoms with Crippen LogP contribution in [0.2, 0.25) is 0 Å². The summed E-state index contributed by atoms with van der Waals surface area (Å²) in [5, 5.41) is 21.8. The fourth-order valence-electron chi connectivity index (χ4n) is 4.59. The first kappa shape index (κ1) is 19.4. The van der Waals surface area contributed by atoms with Crippen LogP contribution in [0.3, 0.4) is 0 Å². The highest BCUT2D eigenvalue weighted by atomic mass is 31.2. The molecule has 1 fully saturated rings. The number of hydrogen-bond donors (Lipinski definition) is 2. The first-order chi connectivity index (χ1) is 12.4. The van der Waals surface area contributed by atoms with Gasteiger partial charge < -0.3 is 14.8 Å². The van der Waals surface area contributed by atoms with Crippen LogP contribution in [0, 0.1) is 16.7 Å². The summed E-state index contributed by atoms with van der Waals surface area (Å²) in [7, 11) is -2.90. The Balaban J connectivity index is 2.13. The monoisotopic (exact) mass is 372 g/mol. The van der Waals surface area contributed by atoms with Gasteiger partial charge in [-0.25, -0.2) is 0 Å². The van der Waals surface area contributed by atoms with Gasteiger partial charge in [0.2, 0.25) is 0 Å². The summed E-state index contributed by atoms with van der Waals surface area (Å²) in [6.07, 6.45) is 2.15. The molecule has 2 aromatic rings. The molecule has 0 heterocycles. The van der Waals surface area contributed by atoms with Gasteiger partial charge in [-0.15, -0.1) is 0 Å². The second-order valence-electron chi connectivity index (χ2n) is 8.12. The topological polar surface area (TPSA) is 57.5 Å². The molecule has 4 heteroatoms. The van der Waals surface area contributed by atoms with Crippen molar-refractivity contribution in [1.29, 1.82) is 0 Å². The molecule has 3 unspecified atom stereocenters. The first-order valence-electron chi connectivity index (χ1n) is 9.32. The number of hydrogen-bond acceptors (Lipinski definition) is 3. The fraction of sp³-hybridized carbons (Fsp3) is 0.455. The predicted octanol–water partition coefficient (Wildman–Crippen LogP) is 3.41. The molecule has 0 spiro atoms. The van der Waals surface area contributed by atoms with Gasteiger partial charge in [-0.1, -0.05) is 74.5 Å². The highest BCUT2D eigenvalue weighted by Gasteiger charge is 2.56. The molecule has 0 amide bonds. The second kappa shape index (κ2) is 7.31. The number of benzene rings is 2. The van der Waals surface area contributed by atoms with Crippen molar-refractivity contribution < 1.29 is 14.8 Å². The summed E-state index contributed by atoms with van der Waals surface area (Å²) >= 11 is 0. The molecule has 3 nitrogen and oxygen atoms in total. The fourth-order valence-corrected chi connectivity index (χ4v) is 8.13. The lowest BCUT2D eigenvalue weighted by atomic mass is 9.66. The van der Waals surface area contributed by atoms with Crippen LogP contribution in [0.15, 0.2) is 60.7 Å². The molecule has 0 aromatic heterocycles. The standard InChI is InChI=1S/C22H29O3P/c1-21(16-24)14-13-18(15-23)22(21,2)17-26(25,19-9-5-3-6-10-19)20-11-7-4-8-12-20/h3-12,18,23-24H,13-17H2,1-2H3. The summed E-state index contributed by atoms with van der Waals surface area (Å²) in [6, 6.07) is 19.3. The van der Waals surface area contributed by atoms with Crippen molar-refractivity contribution in [3.63, 3.8) is 0 Å². The minimum Gasteiger partial charge on any atom is -0.396 e. The molecule has 0 aliphatic heterocycles. The maximum absolute atomic E-state index is 14.5. The van der Waals surface area contributed by atoms with Gasteiger partial charge in [-0.3, -0.25) is 0 Å². The molecule has 1 aliphatic carbocycles. The molecule has 3 rings (SSSR count). The van der Waals surface area contributed by atoms with E-state index in [1.165, 1.54) is 0 Å². The van der Waals surface area contributed by atoms with E-state index in [4.69, 9.17) is 0 Å². The SMILES string of the molecule is CC1(CO)CCC(CO)C1(C)CP(=O)(c1ccccc1)c1ccccc1. The van der Waals surface area contributed by atoms with E-state index in [2.05, 4.69) is 13.8 Å². The lowest BCUT2D eigenvalue weighted by molar-refractivity contribution is 0.0128. The lowest BCUT2D eigenvalue weighted by Gasteiger charge is -2.45. The van der Waals surface area contributed by atoms with Crippen molar-refractivity contribution in [2.75, 3.05) is 19.4 Å². The third kappa shape index (κ3) is 3.07. The molecule has 140 valence electrons. The molecular weight excluding hydrogens is 343 g/mol. The maximum atomic E-state index is 14.5. The molecule has 1 saturated carbocycles. The minimum atomic E-state index is -2.90. The second-order valence-corrected chi connectivity index (χ2v) is 11.0. The Kier molecular flexibility index (Phi) is 5.44. The summed E-state index contributed by atoms with van der Waals surface area (Å²) in [4.78, 5) is 0. The summed E-state index contributed by atoms with van der Waals surface area (Å²) in [6.45, 7) is 4.29. The largest absolute Gasteiger partial charge is 0.396 e. The third-order valence-corrected chi connectivity index (χ3v) is 10.2. The smallest absolute Gasteiger partial charge is 0.143 e. The maximum Gasteiger partial charge on any atom is 0.143 e. The van der Waals surface area contributed by atoms with E-state index in [0.717, 1.165) is 23.5 Å². The minimum absolute atomic E-state index is 0.0420. The molecule has 1 aliphatic rings. The zero-order valence-corrected chi connectivity index (χ0v) is 16.5. The van der Waals surface area contributed by atoms with Gasteiger partial charge >= 0.3 is 0 Å². The van der Waals surface area contributed by atoms with E-state index in [0.29, 0.717) is 6.16 Å². The normalized spacial score (nSPS) is 29.0. The Hall–Kier alpha value is -1.41. The number of rotatable bonds is 6. The van der Waals surface area contributed by atoms with Crippen LogP contribution in [0.25, 0.3) is 0 Å². The Labute approximate surface area is 156 Å². The molecular formula is C22H29O3P. The quantitative estimate of drug-likeness (QED) is 0.764. The number of aliphatic hydroxyl groups excluding tert-OH is 2. The van der Waals surface area contributed by atoms with Crippen LogP contribution in [-0.4, -0.2) is 29.6 Å². The Bertz CT molecular complexity index is 733. The zero-order valence-electron chi connectivity index (χ0n) is 15.6. The van der Waals surface area contributed by atoms with E-state index >= 15 is 0 Å². The van der Waals surface area contributed by atoms with Crippen LogP contribution in [0.5, 0.6) is 0 Å². The van der Waals surface area contributed by atoms with Crippen LogP contribution < -0.4 is 10.6 Å². The van der Waals surface area contributed by atoms with Crippen molar-refractivity contribution in [1.82, 2.24) is 0 Å². The van der Waals surface area contributed by atoms with Gasteiger partial charge in [0.1, 0.15) is 7.14 Å². The van der Waals surface area contributed by atoms with Crippen LogP contribution in [0.4, 0.5) is 0 Å². The molecule has 26 heavy (non-hydrogen) atoms. The van der Waals surface area contributed by atoms with Crippen LogP contribution in [-0.2, 0) is 4.57 Å². The summed E-state index contributed by atoms with van der Waals surface area (Å²) in [5.41, 5.74) is -0.753. The Morgan fingerprint density at radius 2 is 1.46 bits per heavy atom. The van der Waals surface area contributed by atoms with E-state index in [9.17, 15) is 14.8 Å². The van der Waals surface area contributed by atoms with Crippen molar-refractivity contribution >= 4 is 17.8 Å². The first-order valence-corrected chi connectivity index (χ1v) is 11.2. The highest BCUT2D eigenvalue weighted by molar-refractivity contribution is 7.78. The van der Waals surface area contributed by atoms with E-state index in [-0.39, 0.29) is 24.5 Å². The summed E-state index contributed by atoms with van der Waals surface area (Å²) in [5.74, 6) is 0.0420. The molecule has 0 saturated heterocycles. The zero-order chi connectivity index (χ0) is 18.8. The predicted molar refractivity (Wildman–Crippen MR) is 108 cm³/mol. The molecule has 3 atom stereocenters. The van der Waals surface area contributed by atoms with Gasteiger partial charge in [-0.2, -0.15) is 0 Å². The van der Waals surface area contributed by atoms with Gasteiger partial charge in [0.25, 0.3) is 0 Å².